The van der Waals surface area contributed by atoms with Crippen LogP contribution in [0.25, 0.3) is 22.3 Å². The number of fused-ring (bicyclic) bond motifs is 1. The van der Waals surface area contributed by atoms with E-state index in [-0.39, 0.29) is 36.3 Å². The summed E-state index contributed by atoms with van der Waals surface area (Å²) >= 11 is 0. The standard InChI is InChI=1S/C27H32F2N6O3/c1-3-35-25(30)23(27(38)31-2)24(37)19-10-11-20(33-26(19)35)17-8-6-16(7-9-17)13-22(36)32-14-18-5-4-12-34(18)15-21(28)29/h6-11,18,21H,3-5,12-15,30H2,1-2H3,(H,31,38)(H,32,36)/t18-/m1/s1. The number of aromatic nitrogens is 2. The summed E-state index contributed by atoms with van der Waals surface area (Å²) in [6, 6.07) is 10.6. The Morgan fingerprint density at radius 1 is 1.18 bits per heavy atom. The van der Waals surface area contributed by atoms with E-state index in [1.807, 2.05) is 31.2 Å². The van der Waals surface area contributed by atoms with Crippen molar-refractivity contribution in [1.82, 2.24) is 25.1 Å². The third kappa shape index (κ3) is 5.67. The molecule has 1 aromatic carbocycles. The van der Waals surface area contributed by atoms with Crippen LogP contribution in [-0.4, -0.2) is 65.4 Å². The highest BCUT2D eigenvalue weighted by Gasteiger charge is 2.27. The lowest BCUT2D eigenvalue weighted by Crippen LogP contribution is -2.42. The van der Waals surface area contributed by atoms with Gasteiger partial charge in [0.25, 0.3) is 12.3 Å². The maximum atomic E-state index is 12.9. The monoisotopic (exact) mass is 526 g/mol. The third-order valence-electron chi connectivity index (χ3n) is 6.94. The van der Waals surface area contributed by atoms with Gasteiger partial charge in [-0.3, -0.25) is 19.3 Å². The fourth-order valence-electron chi connectivity index (χ4n) is 4.97. The Morgan fingerprint density at radius 3 is 2.58 bits per heavy atom. The average molecular weight is 527 g/mol. The summed E-state index contributed by atoms with van der Waals surface area (Å²) in [6.07, 6.45) is -0.561. The van der Waals surface area contributed by atoms with Gasteiger partial charge in [-0.1, -0.05) is 24.3 Å². The lowest BCUT2D eigenvalue weighted by Gasteiger charge is -2.24. The molecule has 38 heavy (non-hydrogen) atoms. The molecule has 2 aromatic heterocycles. The summed E-state index contributed by atoms with van der Waals surface area (Å²) < 4.78 is 27.1. The molecule has 0 radical (unpaired) electrons. The maximum Gasteiger partial charge on any atom is 0.258 e. The first-order chi connectivity index (χ1) is 18.2. The molecule has 0 saturated carbocycles. The second-order valence-corrected chi connectivity index (χ2v) is 9.34. The number of amides is 2. The summed E-state index contributed by atoms with van der Waals surface area (Å²) in [5.74, 6) is -0.654. The fourth-order valence-corrected chi connectivity index (χ4v) is 4.97. The van der Waals surface area contributed by atoms with Crippen LogP contribution in [0, 0.1) is 0 Å². The van der Waals surface area contributed by atoms with Gasteiger partial charge >= 0.3 is 0 Å². The molecular formula is C27H32F2N6O3. The van der Waals surface area contributed by atoms with Crippen LogP contribution < -0.4 is 21.8 Å². The molecule has 4 N–H and O–H groups in total. The number of halogens is 2. The van der Waals surface area contributed by atoms with Crippen LogP contribution >= 0.6 is 0 Å². The molecule has 9 nitrogen and oxygen atoms in total. The van der Waals surface area contributed by atoms with Crippen molar-refractivity contribution in [2.75, 3.05) is 32.4 Å². The van der Waals surface area contributed by atoms with Crippen molar-refractivity contribution in [1.29, 1.82) is 0 Å². The minimum absolute atomic E-state index is 0.0590. The topological polar surface area (TPSA) is 122 Å². The largest absolute Gasteiger partial charge is 0.384 e. The van der Waals surface area contributed by atoms with Crippen molar-refractivity contribution >= 4 is 28.7 Å². The smallest absolute Gasteiger partial charge is 0.258 e. The van der Waals surface area contributed by atoms with Crippen LogP contribution in [-0.2, 0) is 17.8 Å². The van der Waals surface area contributed by atoms with E-state index in [0.717, 1.165) is 24.0 Å². The van der Waals surface area contributed by atoms with Crippen molar-refractivity contribution in [3.8, 4) is 11.3 Å². The fraction of sp³-hybridized carbons (Fsp3) is 0.407. The predicted octanol–water partition coefficient (Wildman–Crippen LogP) is 2.41. The summed E-state index contributed by atoms with van der Waals surface area (Å²) in [5, 5.41) is 5.62. The Kier molecular flexibility index (Phi) is 8.35. The van der Waals surface area contributed by atoms with Gasteiger partial charge in [0, 0.05) is 31.7 Å². The highest BCUT2D eigenvalue weighted by molar-refractivity contribution is 6.01. The SMILES string of the molecule is CCn1c(N)c(C(=O)NC)c(=O)c2ccc(-c3ccc(CC(=O)NC[C@H]4CCCN4CC(F)F)cc3)nc21. The normalized spacial score (nSPS) is 15.8. The lowest BCUT2D eigenvalue weighted by molar-refractivity contribution is -0.120. The number of benzene rings is 1. The number of hydrogen-bond donors (Lipinski definition) is 3. The molecule has 1 aliphatic rings. The third-order valence-corrected chi connectivity index (χ3v) is 6.94. The minimum atomic E-state index is -2.38. The van der Waals surface area contributed by atoms with E-state index in [2.05, 4.69) is 15.6 Å². The molecule has 0 unspecified atom stereocenters. The summed E-state index contributed by atoms with van der Waals surface area (Å²) in [7, 11) is 1.44. The van der Waals surface area contributed by atoms with Gasteiger partial charge < -0.3 is 20.9 Å². The number of carbonyl (C=O) groups is 2. The van der Waals surface area contributed by atoms with E-state index < -0.39 is 17.8 Å². The number of carbonyl (C=O) groups excluding carboxylic acids is 2. The summed E-state index contributed by atoms with van der Waals surface area (Å²) in [6.45, 7) is 2.99. The van der Waals surface area contributed by atoms with Crippen LogP contribution in [0.2, 0.25) is 0 Å². The number of alkyl halides is 2. The summed E-state index contributed by atoms with van der Waals surface area (Å²) in [5.41, 5.74) is 8.18. The number of hydrogen-bond acceptors (Lipinski definition) is 6. The number of anilines is 1. The first-order valence-corrected chi connectivity index (χ1v) is 12.7. The van der Waals surface area contributed by atoms with Crippen molar-refractivity contribution < 1.29 is 18.4 Å². The van der Waals surface area contributed by atoms with Crippen LogP contribution in [0.1, 0.15) is 35.7 Å². The van der Waals surface area contributed by atoms with Crippen molar-refractivity contribution in [3.05, 3.63) is 57.7 Å². The first-order valence-electron chi connectivity index (χ1n) is 12.7. The Balaban J connectivity index is 1.48. The number of nitrogen functional groups attached to an aromatic ring is 1. The van der Waals surface area contributed by atoms with Gasteiger partial charge in [-0.15, -0.1) is 0 Å². The number of nitrogens with two attached hydrogens (primary N) is 1. The van der Waals surface area contributed by atoms with Crippen LogP contribution in [0.5, 0.6) is 0 Å². The van der Waals surface area contributed by atoms with E-state index in [0.29, 0.717) is 36.4 Å². The molecule has 0 aliphatic carbocycles. The lowest BCUT2D eigenvalue weighted by atomic mass is 10.0. The molecule has 3 heterocycles. The predicted molar refractivity (Wildman–Crippen MR) is 142 cm³/mol. The second kappa shape index (κ2) is 11.7. The molecule has 1 atom stereocenters. The molecule has 0 spiro atoms. The van der Waals surface area contributed by atoms with Gasteiger partial charge in [-0.2, -0.15) is 0 Å². The number of pyridine rings is 2. The van der Waals surface area contributed by atoms with Gasteiger partial charge in [0.1, 0.15) is 17.0 Å². The van der Waals surface area contributed by atoms with Crippen LogP contribution in [0.15, 0.2) is 41.2 Å². The Morgan fingerprint density at radius 2 is 1.92 bits per heavy atom. The number of nitrogens with zero attached hydrogens (tertiary/aromatic N) is 3. The first kappa shape index (κ1) is 27.2. The Bertz CT molecular complexity index is 1390. The van der Waals surface area contributed by atoms with E-state index in [4.69, 9.17) is 5.73 Å². The molecular weight excluding hydrogens is 494 g/mol. The molecule has 1 fully saturated rings. The van der Waals surface area contributed by atoms with Crippen molar-refractivity contribution in [2.24, 2.45) is 0 Å². The molecule has 202 valence electrons. The van der Waals surface area contributed by atoms with E-state index >= 15 is 0 Å². The number of nitrogens with one attached hydrogen (secondary N) is 2. The minimum Gasteiger partial charge on any atom is -0.384 e. The van der Waals surface area contributed by atoms with E-state index in [9.17, 15) is 23.2 Å². The second-order valence-electron chi connectivity index (χ2n) is 9.34. The van der Waals surface area contributed by atoms with Crippen molar-refractivity contribution in [3.63, 3.8) is 0 Å². The Labute approximate surface area is 219 Å². The average Bonchev–Trinajstić information content (AvgIpc) is 3.34. The number of rotatable bonds is 9. The molecule has 2 amide bonds. The quantitative estimate of drug-likeness (QED) is 0.394. The van der Waals surface area contributed by atoms with Gasteiger partial charge in [0.05, 0.1) is 24.0 Å². The maximum absolute atomic E-state index is 12.9. The zero-order valence-corrected chi connectivity index (χ0v) is 21.5. The zero-order valence-electron chi connectivity index (χ0n) is 21.5. The molecule has 4 rings (SSSR count). The highest BCUT2D eigenvalue weighted by Crippen LogP contribution is 2.23. The van der Waals surface area contributed by atoms with Gasteiger partial charge in [-0.05, 0) is 44.0 Å². The number of likely N-dealkylation sites (tertiary alicyclic amines) is 1. The zero-order chi connectivity index (χ0) is 27.4. The summed E-state index contributed by atoms with van der Waals surface area (Å²) in [4.78, 5) is 44.1. The van der Waals surface area contributed by atoms with Gasteiger partial charge in [-0.25, -0.2) is 13.8 Å². The van der Waals surface area contributed by atoms with Gasteiger partial charge in [0.15, 0.2) is 0 Å². The molecule has 0 bridgehead atoms. The molecule has 1 saturated heterocycles. The molecule has 1 aliphatic heterocycles. The molecule has 3 aromatic rings. The van der Waals surface area contributed by atoms with E-state index in [1.54, 1.807) is 21.6 Å². The molecule has 11 heteroatoms. The van der Waals surface area contributed by atoms with Crippen molar-refractivity contribution in [2.45, 2.75) is 45.2 Å². The highest BCUT2D eigenvalue weighted by atomic mass is 19.3. The van der Waals surface area contributed by atoms with Crippen LogP contribution in [0.4, 0.5) is 14.6 Å². The Hall–Kier alpha value is -3.86. The van der Waals surface area contributed by atoms with Gasteiger partial charge in [0.2, 0.25) is 11.3 Å². The number of aryl methyl sites for hydroxylation is 1. The van der Waals surface area contributed by atoms with Crippen LogP contribution in [0.3, 0.4) is 0 Å². The van der Waals surface area contributed by atoms with E-state index in [1.165, 1.54) is 7.05 Å².